The predicted octanol–water partition coefficient (Wildman–Crippen LogP) is 4.82. The number of hydrogen-bond donors (Lipinski definition) is 4. The Morgan fingerprint density at radius 2 is 1.63 bits per heavy atom. The molecule has 2 aliphatic carbocycles. The van der Waals surface area contributed by atoms with Gasteiger partial charge in [0.1, 0.15) is 0 Å². The number of anilines is 3. The molecule has 2 amide bonds. The zero-order valence-corrected chi connectivity index (χ0v) is 25.9. The summed E-state index contributed by atoms with van der Waals surface area (Å²) in [6.45, 7) is -1.31. The molecule has 1 heterocycles. The van der Waals surface area contributed by atoms with E-state index in [9.17, 15) is 31.2 Å². The highest BCUT2D eigenvalue weighted by Crippen LogP contribution is 2.48. The summed E-state index contributed by atoms with van der Waals surface area (Å²) in [6, 6.07) is 12.9. The van der Waals surface area contributed by atoms with Gasteiger partial charge in [0, 0.05) is 29.2 Å². The molecule has 5 rings (SSSR count). The summed E-state index contributed by atoms with van der Waals surface area (Å²) in [7, 11) is -3.57. The van der Waals surface area contributed by atoms with Gasteiger partial charge in [-0.2, -0.15) is 28.1 Å². The predicted molar refractivity (Wildman–Crippen MR) is 163 cm³/mol. The number of hydrogen-bond acceptors (Lipinski definition) is 10. The van der Waals surface area contributed by atoms with Crippen LogP contribution in [-0.2, 0) is 20.4 Å². The van der Waals surface area contributed by atoms with E-state index in [-0.39, 0.29) is 30.8 Å². The maximum absolute atomic E-state index is 12.8. The standard InChI is InChI=1S/C29H31ClF3N7O5S/c30-20-8-6-19(7-9-20)28(14-15-28)39-26-36-25(37-27(38-26)45-17-29(31,32)33)35-21-10-4-18(5-11-21)24(42)34-16-2-1-3-23(41)40-46(43,44)22-12-13-22/h4-11,22H,1-3,12-17H2,(H,34,42)(H,40,41)(H2,35,36,37,38,39). The first-order valence-corrected chi connectivity index (χ1v) is 16.4. The average molecular weight is 682 g/mol. The maximum Gasteiger partial charge on any atom is 0.422 e. The van der Waals surface area contributed by atoms with Crippen LogP contribution in [-0.4, -0.2) is 59.8 Å². The lowest BCUT2D eigenvalue weighted by Gasteiger charge is -2.19. The third kappa shape index (κ3) is 9.42. The number of unbranched alkanes of at least 4 members (excludes halogenated alkanes) is 1. The first kappa shape index (κ1) is 33.2. The van der Waals surface area contributed by atoms with Crippen LogP contribution in [0.3, 0.4) is 0 Å². The Morgan fingerprint density at radius 1 is 0.957 bits per heavy atom. The summed E-state index contributed by atoms with van der Waals surface area (Å²) in [4.78, 5) is 36.7. The normalized spacial score (nSPS) is 15.5. The van der Waals surface area contributed by atoms with Crippen molar-refractivity contribution in [2.45, 2.75) is 61.9 Å². The van der Waals surface area contributed by atoms with Gasteiger partial charge in [-0.1, -0.05) is 23.7 Å². The summed E-state index contributed by atoms with van der Waals surface area (Å²) in [5, 5.41) is 8.93. The van der Waals surface area contributed by atoms with Crippen molar-refractivity contribution >= 4 is 51.0 Å². The van der Waals surface area contributed by atoms with Gasteiger partial charge >= 0.3 is 12.2 Å². The van der Waals surface area contributed by atoms with Crippen LogP contribution in [0.5, 0.6) is 6.01 Å². The molecule has 46 heavy (non-hydrogen) atoms. The Morgan fingerprint density at radius 3 is 2.26 bits per heavy atom. The number of aromatic nitrogens is 3. The van der Waals surface area contributed by atoms with Gasteiger partial charge < -0.3 is 20.7 Å². The highest BCUT2D eigenvalue weighted by molar-refractivity contribution is 7.90. The third-order valence-electron chi connectivity index (χ3n) is 7.22. The summed E-state index contributed by atoms with van der Waals surface area (Å²) >= 11 is 6.01. The maximum atomic E-state index is 12.8. The Bertz CT molecular complexity index is 1670. The van der Waals surface area contributed by atoms with Crippen LogP contribution in [0.1, 0.15) is 60.9 Å². The number of ether oxygens (including phenoxy) is 1. The van der Waals surface area contributed by atoms with Crippen molar-refractivity contribution in [1.82, 2.24) is 25.0 Å². The second kappa shape index (κ2) is 13.7. The van der Waals surface area contributed by atoms with Crippen molar-refractivity contribution in [2.75, 3.05) is 23.8 Å². The number of sulfonamides is 1. The topological polar surface area (TPSA) is 164 Å². The minimum Gasteiger partial charge on any atom is -0.454 e. The molecule has 0 bridgehead atoms. The third-order valence-corrected chi connectivity index (χ3v) is 9.33. The van der Waals surface area contributed by atoms with Gasteiger partial charge in [0.15, 0.2) is 6.61 Å². The smallest absolute Gasteiger partial charge is 0.422 e. The van der Waals surface area contributed by atoms with Crippen LogP contribution in [0.25, 0.3) is 0 Å². The molecule has 0 aliphatic heterocycles. The van der Waals surface area contributed by atoms with Crippen LogP contribution in [0.4, 0.5) is 30.8 Å². The second-order valence-corrected chi connectivity index (χ2v) is 13.5. The minimum atomic E-state index is -4.60. The molecule has 0 unspecified atom stereocenters. The van der Waals surface area contributed by atoms with Crippen molar-refractivity contribution in [3.63, 3.8) is 0 Å². The van der Waals surface area contributed by atoms with Gasteiger partial charge in [-0.05, 0) is 80.5 Å². The number of nitrogens with zero attached hydrogens (tertiary/aromatic N) is 3. The number of rotatable bonds is 15. The largest absolute Gasteiger partial charge is 0.454 e. The van der Waals surface area contributed by atoms with E-state index in [1.54, 1.807) is 24.3 Å². The Hall–Kier alpha value is -4.18. The number of alkyl halides is 3. The number of carbonyl (C=O) groups excluding carboxylic acids is 2. The van der Waals surface area contributed by atoms with Crippen LogP contribution >= 0.6 is 11.6 Å². The van der Waals surface area contributed by atoms with Crippen LogP contribution in [0, 0.1) is 0 Å². The first-order valence-electron chi connectivity index (χ1n) is 14.5. The first-order chi connectivity index (χ1) is 21.8. The van der Waals surface area contributed by atoms with Crippen molar-refractivity contribution in [1.29, 1.82) is 0 Å². The number of benzene rings is 2. The van der Waals surface area contributed by atoms with Gasteiger partial charge in [0.25, 0.3) is 5.91 Å². The fourth-order valence-electron chi connectivity index (χ4n) is 4.49. The molecule has 0 radical (unpaired) electrons. The Kier molecular flexibility index (Phi) is 9.86. The van der Waals surface area contributed by atoms with Gasteiger partial charge in [0.2, 0.25) is 27.8 Å². The monoisotopic (exact) mass is 681 g/mol. The van der Waals surface area contributed by atoms with E-state index in [2.05, 4.69) is 35.6 Å². The van der Waals surface area contributed by atoms with Crippen LogP contribution in [0.15, 0.2) is 48.5 Å². The highest BCUT2D eigenvalue weighted by Gasteiger charge is 2.45. The van der Waals surface area contributed by atoms with Crippen LogP contribution < -0.4 is 25.4 Å². The quantitative estimate of drug-likeness (QED) is 0.164. The number of carbonyl (C=O) groups is 2. The van der Waals surface area contributed by atoms with Gasteiger partial charge in [0.05, 0.1) is 10.8 Å². The lowest BCUT2D eigenvalue weighted by atomic mass is 10.1. The molecule has 4 N–H and O–H groups in total. The summed E-state index contributed by atoms with van der Waals surface area (Å²) < 4.78 is 69.1. The van der Waals surface area contributed by atoms with Crippen molar-refractivity contribution < 1.29 is 35.9 Å². The zero-order chi connectivity index (χ0) is 33.0. The summed E-state index contributed by atoms with van der Waals surface area (Å²) in [6.07, 6.45) is -1.09. The van der Waals surface area contributed by atoms with E-state index in [0.717, 1.165) is 18.4 Å². The summed E-state index contributed by atoms with van der Waals surface area (Å²) in [5.74, 6) is -0.985. The lowest BCUT2D eigenvalue weighted by molar-refractivity contribution is -0.154. The van der Waals surface area contributed by atoms with E-state index in [0.29, 0.717) is 42.0 Å². The summed E-state index contributed by atoms with van der Waals surface area (Å²) in [5.41, 5.74) is 1.19. The SMILES string of the molecule is O=C(CCCCNC(=O)c1ccc(Nc2nc(NC3(c4ccc(Cl)cc4)CC3)nc(OCC(F)(F)F)n2)cc1)NS(=O)(=O)C1CC1. The molecule has 0 spiro atoms. The molecule has 0 saturated heterocycles. The molecule has 17 heteroatoms. The van der Waals surface area contributed by atoms with E-state index in [1.165, 1.54) is 12.1 Å². The minimum absolute atomic E-state index is 0.0140. The molecule has 2 aromatic carbocycles. The Balaban J connectivity index is 1.16. The molecule has 1 aromatic heterocycles. The van der Waals surface area contributed by atoms with Crippen molar-refractivity contribution in [3.05, 3.63) is 64.7 Å². The molecule has 246 valence electrons. The zero-order valence-electron chi connectivity index (χ0n) is 24.4. The fourth-order valence-corrected chi connectivity index (χ4v) is 5.96. The molecule has 0 atom stereocenters. The second-order valence-electron chi connectivity index (χ2n) is 11.1. The number of nitrogens with one attached hydrogen (secondary N) is 4. The number of halogens is 4. The van der Waals surface area contributed by atoms with E-state index < -0.39 is 45.5 Å². The fraction of sp³-hybridized carbons (Fsp3) is 0.414. The van der Waals surface area contributed by atoms with E-state index >= 15 is 0 Å². The molecule has 12 nitrogen and oxygen atoms in total. The molecule has 2 fully saturated rings. The van der Waals surface area contributed by atoms with Gasteiger partial charge in [-0.15, -0.1) is 0 Å². The molecule has 2 aliphatic rings. The molecular weight excluding hydrogens is 651 g/mol. The van der Waals surface area contributed by atoms with Crippen molar-refractivity contribution in [2.24, 2.45) is 0 Å². The van der Waals surface area contributed by atoms with E-state index in [4.69, 9.17) is 16.3 Å². The van der Waals surface area contributed by atoms with E-state index in [1.807, 2.05) is 12.1 Å². The molecule has 2 saturated carbocycles. The number of amides is 2. The lowest BCUT2D eigenvalue weighted by Crippen LogP contribution is -2.33. The Labute approximate surface area is 267 Å². The van der Waals surface area contributed by atoms with Crippen LogP contribution in [0.2, 0.25) is 5.02 Å². The highest BCUT2D eigenvalue weighted by atomic mass is 35.5. The van der Waals surface area contributed by atoms with Gasteiger partial charge in [-0.3, -0.25) is 14.3 Å². The molecular formula is C29H31ClF3N7O5S. The molecule has 3 aromatic rings. The van der Waals surface area contributed by atoms with Gasteiger partial charge in [-0.25, -0.2) is 8.42 Å². The average Bonchev–Trinajstić information content (AvgIpc) is 3.92. The van der Waals surface area contributed by atoms with Crippen molar-refractivity contribution in [3.8, 4) is 6.01 Å².